The Morgan fingerprint density at radius 2 is 2.27 bits per heavy atom. The van der Waals surface area contributed by atoms with Crippen molar-refractivity contribution in [2.24, 2.45) is 0 Å². The van der Waals surface area contributed by atoms with E-state index >= 15 is 0 Å². The van der Waals surface area contributed by atoms with Crippen LogP contribution in [0.1, 0.15) is 17.5 Å². The molecule has 1 saturated heterocycles. The fourth-order valence-electron chi connectivity index (χ4n) is 1.95. The third-order valence-corrected chi connectivity index (χ3v) is 2.86. The highest BCUT2D eigenvalue weighted by atomic mass is 16.5. The van der Waals surface area contributed by atoms with E-state index in [9.17, 15) is 5.11 Å². The molecule has 1 fully saturated rings. The molecule has 0 saturated carbocycles. The van der Waals surface area contributed by atoms with E-state index in [1.807, 2.05) is 25.1 Å². The normalized spacial score (nSPS) is 25.5. The Balaban J connectivity index is 2.44. The van der Waals surface area contributed by atoms with Crippen LogP contribution in [0.4, 0.5) is 0 Å². The molecule has 82 valence electrons. The van der Waals surface area contributed by atoms with Crippen LogP contribution in [0.2, 0.25) is 0 Å². The van der Waals surface area contributed by atoms with Gasteiger partial charge in [0.2, 0.25) is 0 Å². The summed E-state index contributed by atoms with van der Waals surface area (Å²) in [6.07, 6.45) is 0.632. The quantitative estimate of drug-likeness (QED) is 0.802. The lowest BCUT2D eigenvalue weighted by Crippen LogP contribution is -2.26. The summed E-state index contributed by atoms with van der Waals surface area (Å²) < 4.78 is 10.5. The first kappa shape index (κ1) is 10.5. The van der Waals surface area contributed by atoms with E-state index in [0.717, 1.165) is 16.9 Å². The van der Waals surface area contributed by atoms with E-state index < -0.39 is 5.60 Å². The molecule has 1 aliphatic heterocycles. The van der Waals surface area contributed by atoms with Crippen LogP contribution in [-0.4, -0.2) is 25.4 Å². The second-order valence-electron chi connectivity index (χ2n) is 4.04. The third kappa shape index (κ3) is 1.85. The second kappa shape index (κ2) is 3.83. The highest BCUT2D eigenvalue weighted by molar-refractivity contribution is 5.41. The Hall–Kier alpha value is -1.06. The molecule has 0 spiro atoms. The van der Waals surface area contributed by atoms with Crippen LogP contribution >= 0.6 is 0 Å². The molecule has 1 aromatic carbocycles. The van der Waals surface area contributed by atoms with E-state index in [1.54, 1.807) is 7.11 Å². The van der Waals surface area contributed by atoms with Crippen LogP contribution in [0.5, 0.6) is 5.75 Å². The van der Waals surface area contributed by atoms with Gasteiger partial charge in [-0.3, -0.25) is 0 Å². The molecule has 0 aromatic heterocycles. The lowest BCUT2D eigenvalue weighted by Gasteiger charge is -2.23. The first-order chi connectivity index (χ1) is 7.15. The van der Waals surface area contributed by atoms with Crippen LogP contribution < -0.4 is 4.74 Å². The lowest BCUT2D eigenvalue weighted by molar-refractivity contribution is 0.0212. The fraction of sp³-hybridized carbons (Fsp3) is 0.500. The van der Waals surface area contributed by atoms with Crippen molar-refractivity contribution in [3.63, 3.8) is 0 Å². The number of ether oxygens (including phenoxy) is 2. The number of benzene rings is 1. The zero-order valence-electron chi connectivity index (χ0n) is 9.12. The summed E-state index contributed by atoms with van der Waals surface area (Å²) in [7, 11) is 1.62. The average molecular weight is 208 g/mol. The monoisotopic (exact) mass is 208 g/mol. The van der Waals surface area contributed by atoms with Crippen LogP contribution in [0.15, 0.2) is 18.2 Å². The summed E-state index contributed by atoms with van der Waals surface area (Å²) in [5.41, 5.74) is 1.07. The molecular formula is C12H16O3. The number of rotatable bonds is 2. The summed E-state index contributed by atoms with van der Waals surface area (Å²) in [5.74, 6) is 0.730. The zero-order chi connectivity index (χ0) is 10.9. The Bertz CT molecular complexity index is 354. The predicted molar refractivity (Wildman–Crippen MR) is 57.1 cm³/mol. The molecule has 0 radical (unpaired) electrons. The minimum absolute atomic E-state index is 0.354. The molecule has 1 N–H and O–H groups in total. The number of hydrogen-bond acceptors (Lipinski definition) is 3. The van der Waals surface area contributed by atoms with E-state index in [0.29, 0.717) is 19.6 Å². The van der Waals surface area contributed by atoms with Crippen molar-refractivity contribution in [1.29, 1.82) is 0 Å². The molecular weight excluding hydrogens is 192 g/mol. The maximum atomic E-state index is 10.4. The number of aliphatic hydroxyl groups is 1. The Kier molecular flexibility index (Phi) is 2.67. The van der Waals surface area contributed by atoms with Gasteiger partial charge in [-0.2, -0.15) is 0 Å². The van der Waals surface area contributed by atoms with Crippen LogP contribution in [0.3, 0.4) is 0 Å². The third-order valence-electron chi connectivity index (χ3n) is 2.86. The molecule has 15 heavy (non-hydrogen) atoms. The summed E-state index contributed by atoms with van der Waals surface area (Å²) in [6.45, 7) is 2.96. The largest absolute Gasteiger partial charge is 0.496 e. The summed E-state index contributed by atoms with van der Waals surface area (Å²) in [6, 6.07) is 5.83. The van der Waals surface area contributed by atoms with Gasteiger partial charge in [0.05, 0.1) is 13.7 Å². The van der Waals surface area contributed by atoms with E-state index in [-0.39, 0.29) is 0 Å². The van der Waals surface area contributed by atoms with Gasteiger partial charge in [-0.25, -0.2) is 0 Å². The van der Waals surface area contributed by atoms with Gasteiger partial charge in [-0.1, -0.05) is 11.6 Å². The average Bonchev–Trinajstić information content (AvgIpc) is 2.66. The van der Waals surface area contributed by atoms with E-state index in [2.05, 4.69) is 0 Å². The second-order valence-corrected chi connectivity index (χ2v) is 4.04. The van der Waals surface area contributed by atoms with Crippen molar-refractivity contribution < 1.29 is 14.6 Å². The molecule has 1 heterocycles. The maximum absolute atomic E-state index is 10.4. The van der Waals surface area contributed by atoms with Crippen LogP contribution in [0.25, 0.3) is 0 Å². The van der Waals surface area contributed by atoms with Gasteiger partial charge in [0.1, 0.15) is 11.4 Å². The minimum atomic E-state index is -0.878. The summed E-state index contributed by atoms with van der Waals surface area (Å²) in [4.78, 5) is 0. The van der Waals surface area contributed by atoms with Gasteiger partial charge < -0.3 is 14.6 Å². The standard InChI is InChI=1S/C12H16O3/c1-9-3-4-11(14-2)10(7-9)12(13)5-6-15-8-12/h3-4,7,13H,5-6,8H2,1-2H3. The summed E-state index contributed by atoms with van der Waals surface area (Å²) in [5, 5.41) is 10.4. The van der Waals surface area contributed by atoms with E-state index in [4.69, 9.17) is 9.47 Å². The molecule has 0 amide bonds. The number of hydrogen-bond donors (Lipinski definition) is 1. The van der Waals surface area contributed by atoms with Gasteiger partial charge in [0, 0.05) is 18.6 Å². The van der Waals surface area contributed by atoms with Gasteiger partial charge >= 0.3 is 0 Å². The molecule has 2 rings (SSSR count). The number of aryl methyl sites for hydroxylation is 1. The molecule has 1 aromatic rings. The van der Waals surface area contributed by atoms with Gasteiger partial charge in [-0.05, 0) is 19.1 Å². The Labute approximate surface area is 89.6 Å². The van der Waals surface area contributed by atoms with Crippen LogP contribution in [0, 0.1) is 6.92 Å². The molecule has 3 nitrogen and oxygen atoms in total. The smallest absolute Gasteiger partial charge is 0.125 e. The fourth-order valence-corrected chi connectivity index (χ4v) is 1.95. The van der Waals surface area contributed by atoms with Crippen LogP contribution in [-0.2, 0) is 10.3 Å². The molecule has 1 unspecified atom stereocenters. The van der Waals surface area contributed by atoms with Crippen molar-refractivity contribution in [2.45, 2.75) is 18.9 Å². The van der Waals surface area contributed by atoms with Gasteiger partial charge in [0.15, 0.2) is 0 Å². The molecule has 1 atom stereocenters. The molecule has 3 heteroatoms. The topological polar surface area (TPSA) is 38.7 Å². The number of methoxy groups -OCH3 is 1. The molecule has 0 aliphatic carbocycles. The van der Waals surface area contributed by atoms with Gasteiger partial charge in [-0.15, -0.1) is 0 Å². The van der Waals surface area contributed by atoms with E-state index in [1.165, 1.54) is 0 Å². The molecule has 1 aliphatic rings. The van der Waals surface area contributed by atoms with Crippen molar-refractivity contribution in [1.82, 2.24) is 0 Å². The Morgan fingerprint density at radius 1 is 1.47 bits per heavy atom. The highest BCUT2D eigenvalue weighted by Gasteiger charge is 2.36. The van der Waals surface area contributed by atoms with Crippen molar-refractivity contribution in [3.8, 4) is 5.75 Å². The van der Waals surface area contributed by atoms with Gasteiger partial charge in [0.25, 0.3) is 0 Å². The minimum Gasteiger partial charge on any atom is -0.496 e. The first-order valence-corrected chi connectivity index (χ1v) is 5.11. The maximum Gasteiger partial charge on any atom is 0.125 e. The van der Waals surface area contributed by atoms with Crippen molar-refractivity contribution >= 4 is 0 Å². The zero-order valence-corrected chi connectivity index (χ0v) is 9.12. The first-order valence-electron chi connectivity index (χ1n) is 5.11. The molecule has 0 bridgehead atoms. The lowest BCUT2D eigenvalue weighted by atomic mass is 9.91. The predicted octanol–water partition coefficient (Wildman–Crippen LogP) is 1.61. The van der Waals surface area contributed by atoms with Crippen molar-refractivity contribution in [2.75, 3.05) is 20.3 Å². The Morgan fingerprint density at radius 3 is 2.87 bits per heavy atom. The van der Waals surface area contributed by atoms with Crippen molar-refractivity contribution in [3.05, 3.63) is 29.3 Å². The highest BCUT2D eigenvalue weighted by Crippen LogP contribution is 2.36. The SMILES string of the molecule is COc1ccc(C)cc1C1(O)CCOC1. The summed E-state index contributed by atoms with van der Waals surface area (Å²) >= 11 is 0.